The number of nitrogens with one attached hydrogen (secondary N) is 1. The van der Waals surface area contributed by atoms with E-state index in [0.29, 0.717) is 11.4 Å². The van der Waals surface area contributed by atoms with E-state index in [1.54, 1.807) is 31.4 Å². The van der Waals surface area contributed by atoms with Gasteiger partial charge in [-0.25, -0.2) is 0 Å². The molecule has 3 aliphatic rings. The van der Waals surface area contributed by atoms with E-state index in [0.717, 1.165) is 11.3 Å². The highest BCUT2D eigenvalue weighted by atomic mass is 16.5. The van der Waals surface area contributed by atoms with Gasteiger partial charge in [0.1, 0.15) is 12.3 Å². The molecule has 0 radical (unpaired) electrons. The van der Waals surface area contributed by atoms with Crippen LogP contribution in [0.5, 0.6) is 5.75 Å². The van der Waals surface area contributed by atoms with E-state index in [4.69, 9.17) is 4.74 Å². The van der Waals surface area contributed by atoms with Gasteiger partial charge >= 0.3 is 0 Å². The van der Waals surface area contributed by atoms with Crippen LogP contribution in [0.15, 0.2) is 36.4 Å². The predicted octanol–water partition coefficient (Wildman–Crippen LogP) is 1.44. The molecule has 6 nitrogen and oxygen atoms in total. The van der Waals surface area contributed by atoms with Gasteiger partial charge in [0.25, 0.3) is 0 Å². The smallest absolute Gasteiger partial charge is 0.244 e. The molecule has 6 heteroatoms. The van der Waals surface area contributed by atoms with E-state index in [2.05, 4.69) is 5.32 Å². The molecule has 24 heavy (non-hydrogen) atoms. The first-order valence-electron chi connectivity index (χ1n) is 8.06. The summed E-state index contributed by atoms with van der Waals surface area (Å²) in [6, 6.07) is 6.94. The minimum Gasteiger partial charge on any atom is -0.497 e. The van der Waals surface area contributed by atoms with Crippen LogP contribution in [0, 0.1) is 23.7 Å². The maximum absolute atomic E-state index is 12.5. The monoisotopic (exact) mass is 326 g/mol. The highest BCUT2D eigenvalue weighted by Gasteiger charge is 2.59. The zero-order chi connectivity index (χ0) is 16.8. The number of carbonyl (C=O) groups excluding carboxylic acids is 3. The summed E-state index contributed by atoms with van der Waals surface area (Å²) >= 11 is 0. The second kappa shape index (κ2) is 5.47. The van der Waals surface area contributed by atoms with E-state index in [-0.39, 0.29) is 47.9 Å². The number of carbonyl (C=O) groups is 3. The topological polar surface area (TPSA) is 75.7 Å². The van der Waals surface area contributed by atoms with Crippen LogP contribution >= 0.6 is 0 Å². The number of fused-ring (bicyclic) bond motifs is 5. The Morgan fingerprint density at radius 3 is 2.50 bits per heavy atom. The average Bonchev–Trinajstić information content (AvgIpc) is 3.25. The van der Waals surface area contributed by atoms with Crippen LogP contribution in [0.3, 0.4) is 0 Å². The highest BCUT2D eigenvalue weighted by molar-refractivity contribution is 6.09. The normalized spacial score (nSPS) is 30.0. The molecule has 0 unspecified atom stereocenters. The predicted molar refractivity (Wildman–Crippen MR) is 86.1 cm³/mol. The number of rotatable bonds is 4. The van der Waals surface area contributed by atoms with E-state index < -0.39 is 0 Å². The first kappa shape index (κ1) is 14.9. The van der Waals surface area contributed by atoms with Crippen molar-refractivity contribution in [1.82, 2.24) is 4.90 Å². The average molecular weight is 326 g/mol. The van der Waals surface area contributed by atoms with Gasteiger partial charge in [-0.1, -0.05) is 18.2 Å². The largest absolute Gasteiger partial charge is 0.497 e. The molecule has 2 fully saturated rings. The second-order valence-electron chi connectivity index (χ2n) is 6.54. The van der Waals surface area contributed by atoms with Gasteiger partial charge < -0.3 is 10.1 Å². The van der Waals surface area contributed by atoms with Crippen molar-refractivity contribution in [3.05, 3.63) is 36.4 Å². The SMILES string of the molecule is COc1cccc(NC(=O)CN2C(=O)[C@H]3[C@H](C2=O)[C@H]2C=C[C@H]3C2)c1. The van der Waals surface area contributed by atoms with Crippen molar-refractivity contribution >= 4 is 23.4 Å². The Morgan fingerprint density at radius 2 is 1.88 bits per heavy atom. The van der Waals surface area contributed by atoms with E-state index in [1.165, 1.54) is 0 Å². The maximum atomic E-state index is 12.5. The minimum absolute atomic E-state index is 0.155. The molecule has 124 valence electrons. The summed E-state index contributed by atoms with van der Waals surface area (Å²) in [5.74, 6) is -0.395. The first-order valence-corrected chi connectivity index (χ1v) is 8.06. The molecule has 4 atom stereocenters. The molecule has 1 aliphatic heterocycles. The van der Waals surface area contributed by atoms with Crippen LogP contribution in [-0.2, 0) is 14.4 Å². The van der Waals surface area contributed by atoms with Crippen molar-refractivity contribution in [1.29, 1.82) is 0 Å². The summed E-state index contributed by atoms with van der Waals surface area (Å²) < 4.78 is 5.11. The molecule has 0 aromatic heterocycles. The fourth-order valence-electron chi connectivity index (χ4n) is 4.16. The Bertz CT molecular complexity index is 727. The van der Waals surface area contributed by atoms with Crippen LogP contribution < -0.4 is 10.1 Å². The number of methoxy groups -OCH3 is 1. The molecule has 3 amide bonds. The van der Waals surface area contributed by atoms with Gasteiger partial charge in [0.05, 0.1) is 18.9 Å². The Labute approximate surface area is 139 Å². The number of allylic oxidation sites excluding steroid dienone is 2. The molecule has 2 bridgehead atoms. The lowest BCUT2D eigenvalue weighted by atomic mass is 9.85. The van der Waals surface area contributed by atoms with Crippen molar-refractivity contribution in [3.8, 4) is 5.75 Å². The van der Waals surface area contributed by atoms with Gasteiger partial charge in [0.15, 0.2) is 0 Å². The number of hydrogen-bond donors (Lipinski definition) is 1. The van der Waals surface area contributed by atoms with Crippen LogP contribution in [0.2, 0.25) is 0 Å². The van der Waals surface area contributed by atoms with Crippen molar-refractivity contribution in [2.45, 2.75) is 6.42 Å². The molecule has 1 aromatic rings. The van der Waals surface area contributed by atoms with Crippen molar-refractivity contribution in [2.24, 2.45) is 23.7 Å². The molecular weight excluding hydrogens is 308 g/mol. The van der Waals surface area contributed by atoms with Crippen molar-refractivity contribution in [2.75, 3.05) is 19.0 Å². The number of amides is 3. The molecule has 0 spiro atoms. The van der Waals surface area contributed by atoms with Crippen molar-refractivity contribution in [3.63, 3.8) is 0 Å². The molecule has 1 saturated heterocycles. The van der Waals surface area contributed by atoms with Crippen LogP contribution in [0.1, 0.15) is 6.42 Å². The van der Waals surface area contributed by atoms with Gasteiger partial charge in [0, 0.05) is 11.8 Å². The standard InChI is InChI=1S/C18H18N2O4/c1-24-13-4-2-3-12(8-13)19-14(21)9-20-17(22)15-10-5-6-11(7-10)16(15)18(20)23/h2-6,8,10-11,15-16H,7,9H2,1H3,(H,19,21)/t10-,11-,15+,16+/m0/s1. The third kappa shape index (κ3) is 2.21. The first-order chi connectivity index (χ1) is 11.6. The highest BCUT2D eigenvalue weighted by Crippen LogP contribution is 2.52. The van der Waals surface area contributed by atoms with Crippen LogP contribution in [0.4, 0.5) is 5.69 Å². The van der Waals surface area contributed by atoms with E-state index in [1.807, 2.05) is 12.2 Å². The zero-order valence-corrected chi connectivity index (χ0v) is 13.3. The minimum atomic E-state index is -0.384. The Hall–Kier alpha value is -2.63. The van der Waals surface area contributed by atoms with Crippen molar-refractivity contribution < 1.29 is 19.1 Å². The maximum Gasteiger partial charge on any atom is 0.244 e. The van der Waals surface area contributed by atoms with E-state index >= 15 is 0 Å². The molecule has 1 N–H and O–H groups in total. The fourth-order valence-corrected chi connectivity index (χ4v) is 4.16. The lowest BCUT2D eigenvalue weighted by Gasteiger charge is -2.17. The summed E-state index contributed by atoms with van der Waals surface area (Å²) in [7, 11) is 1.55. The number of ether oxygens (including phenoxy) is 1. The number of likely N-dealkylation sites (tertiary alicyclic amines) is 1. The second-order valence-corrected chi connectivity index (χ2v) is 6.54. The molecule has 1 heterocycles. The van der Waals surface area contributed by atoms with Gasteiger partial charge in [-0.2, -0.15) is 0 Å². The summed E-state index contributed by atoms with van der Waals surface area (Å²) in [6.07, 6.45) is 4.96. The molecule has 1 aromatic carbocycles. The lowest BCUT2D eigenvalue weighted by molar-refractivity contribution is -0.143. The summed E-state index contributed by atoms with van der Waals surface area (Å²) in [5, 5.41) is 2.71. The van der Waals surface area contributed by atoms with E-state index in [9.17, 15) is 14.4 Å². The zero-order valence-electron chi connectivity index (χ0n) is 13.3. The molecular formula is C18H18N2O4. The Balaban J connectivity index is 1.45. The summed E-state index contributed by atoms with van der Waals surface area (Å²) in [6.45, 7) is -0.235. The van der Waals surface area contributed by atoms with Gasteiger partial charge in [-0.15, -0.1) is 0 Å². The Kier molecular flexibility index (Phi) is 3.40. The molecule has 2 aliphatic carbocycles. The number of imide groups is 1. The van der Waals surface area contributed by atoms with Gasteiger partial charge in [-0.3, -0.25) is 19.3 Å². The van der Waals surface area contributed by atoms with Crippen LogP contribution in [-0.4, -0.2) is 36.3 Å². The summed E-state index contributed by atoms with van der Waals surface area (Å²) in [4.78, 5) is 38.5. The third-order valence-electron chi connectivity index (χ3n) is 5.22. The Morgan fingerprint density at radius 1 is 1.21 bits per heavy atom. The van der Waals surface area contributed by atoms with Gasteiger partial charge in [-0.05, 0) is 30.4 Å². The summed E-state index contributed by atoms with van der Waals surface area (Å²) in [5.41, 5.74) is 0.570. The van der Waals surface area contributed by atoms with Gasteiger partial charge in [0.2, 0.25) is 17.7 Å². The fraction of sp³-hybridized carbons (Fsp3) is 0.389. The van der Waals surface area contributed by atoms with Crippen LogP contribution in [0.25, 0.3) is 0 Å². The third-order valence-corrected chi connectivity index (χ3v) is 5.22. The molecule has 4 rings (SSSR count). The number of anilines is 1. The lowest BCUT2D eigenvalue weighted by Crippen LogP contribution is -2.39. The number of nitrogens with zero attached hydrogens (tertiary/aromatic N) is 1. The number of benzene rings is 1. The quantitative estimate of drug-likeness (QED) is 0.671. The number of hydrogen-bond acceptors (Lipinski definition) is 4. The molecule has 1 saturated carbocycles.